The molecule has 1 aliphatic carbocycles. The quantitative estimate of drug-likeness (QED) is 0.250. The Balaban J connectivity index is 1.31. The number of hydrogen-bond donors (Lipinski definition) is 0. The molecule has 0 radical (unpaired) electrons. The topological polar surface area (TPSA) is 0 Å². The summed E-state index contributed by atoms with van der Waals surface area (Å²) in [7, 11) is 0. The van der Waals surface area contributed by atoms with Gasteiger partial charge in [0.15, 0.2) is 11.6 Å². The van der Waals surface area contributed by atoms with E-state index < -0.39 is 11.6 Å². The number of halogens is 2. The van der Waals surface area contributed by atoms with Crippen LogP contribution in [-0.4, -0.2) is 0 Å². The smallest absolute Gasteiger partial charge is 0.166 e. The first-order chi connectivity index (χ1) is 17.6. The number of allylic oxidation sites excluding steroid dienone is 2. The van der Waals surface area contributed by atoms with Gasteiger partial charge in [0.1, 0.15) is 0 Å². The van der Waals surface area contributed by atoms with Gasteiger partial charge < -0.3 is 0 Å². The Kier molecular flexibility index (Phi) is 9.50. The summed E-state index contributed by atoms with van der Waals surface area (Å²) in [6.45, 7) is 4.08. The van der Waals surface area contributed by atoms with Crippen LogP contribution in [0, 0.1) is 23.5 Å². The molecule has 4 rings (SSSR count). The highest BCUT2D eigenvalue weighted by Gasteiger charge is 2.20. The molecule has 0 aromatic heterocycles. The molecule has 3 aromatic carbocycles. The molecule has 0 N–H and O–H groups in total. The van der Waals surface area contributed by atoms with E-state index in [1.54, 1.807) is 12.1 Å². The third kappa shape index (κ3) is 6.72. The lowest BCUT2D eigenvalue weighted by Crippen LogP contribution is -2.15. The predicted octanol–water partition coefficient (Wildman–Crippen LogP) is 10.3. The molecule has 0 nitrogen and oxygen atoms in total. The summed E-state index contributed by atoms with van der Waals surface area (Å²) in [5.41, 5.74) is 5.10. The maximum Gasteiger partial charge on any atom is 0.166 e. The Morgan fingerprint density at radius 3 is 1.89 bits per heavy atom. The Labute approximate surface area is 216 Å². The monoisotopic (exact) mass is 486 g/mol. The van der Waals surface area contributed by atoms with Crippen molar-refractivity contribution in [3.8, 4) is 22.3 Å². The number of rotatable bonds is 10. The second-order valence-electron chi connectivity index (χ2n) is 10.5. The maximum atomic E-state index is 14.7. The minimum atomic E-state index is -0.750. The Morgan fingerprint density at radius 2 is 1.28 bits per heavy atom. The largest absolute Gasteiger partial charge is 0.203 e. The van der Waals surface area contributed by atoms with Gasteiger partial charge in [-0.15, -0.1) is 0 Å². The number of hydrogen-bond acceptors (Lipinski definition) is 0. The molecule has 3 aromatic rings. The lowest BCUT2D eigenvalue weighted by Gasteiger charge is -2.28. The summed E-state index contributed by atoms with van der Waals surface area (Å²) < 4.78 is 29.0. The molecule has 0 atom stereocenters. The fraction of sp³-hybridized carbons (Fsp3) is 0.412. The third-order valence-electron chi connectivity index (χ3n) is 7.95. The van der Waals surface area contributed by atoms with E-state index in [2.05, 4.69) is 43.3 Å². The molecule has 190 valence electrons. The van der Waals surface area contributed by atoms with Crippen molar-refractivity contribution in [2.45, 2.75) is 78.1 Å². The molecule has 0 bridgehead atoms. The van der Waals surface area contributed by atoms with Crippen molar-refractivity contribution >= 4 is 0 Å². The normalized spacial score (nSPS) is 18.1. The molecule has 0 unspecified atom stereocenters. The van der Waals surface area contributed by atoms with Crippen molar-refractivity contribution in [1.29, 1.82) is 0 Å². The van der Waals surface area contributed by atoms with E-state index in [0.29, 0.717) is 23.1 Å². The van der Waals surface area contributed by atoms with Crippen molar-refractivity contribution in [3.63, 3.8) is 0 Å². The van der Waals surface area contributed by atoms with Crippen molar-refractivity contribution < 1.29 is 8.78 Å². The van der Waals surface area contributed by atoms with Gasteiger partial charge in [-0.3, -0.25) is 0 Å². The predicted molar refractivity (Wildman–Crippen MR) is 149 cm³/mol. The van der Waals surface area contributed by atoms with Gasteiger partial charge in [0.25, 0.3) is 0 Å². The van der Waals surface area contributed by atoms with E-state index in [1.807, 2.05) is 31.2 Å². The van der Waals surface area contributed by atoms with Crippen LogP contribution >= 0.6 is 0 Å². The molecule has 0 amide bonds. The molecule has 2 heteroatoms. The van der Waals surface area contributed by atoms with E-state index in [-0.39, 0.29) is 0 Å². The van der Waals surface area contributed by atoms with Gasteiger partial charge in [0.05, 0.1) is 0 Å². The SMILES string of the molecule is C/C=C/CCC1CCC(CCc2ccc(-c3ccc(-c4ccc(CCC)c(F)c4F)cc3)cc2)CC1. The summed E-state index contributed by atoms with van der Waals surface area (Å²) in [6, 6.07) is 20.0. The van der Waals surface area contributed by atoms with Gasteiger partial charge in [-0.25, -0.2) is 8.78 Å². The second kappa shape index (κ2) is 13.0. The highest BCUT2D eigenvalue weighted by molar-refractivity contribution is 5.71. The van der Waals surface area contributed by atoms with E-state index in [4.69, 9.17) is 0 Å². The van der Waals surface area contributed by atoms with Gasteiger partial charge in [-0.2, -0.15) is 0 Å². The first kappa shape index (κ1) is 26.3. The second-order valence-corrected chi connectivity index (χ2v) is 10.5. The molecular weight excluding hydrogens is 446 g/mol. The zero-order chi connectivity index (χ0) is 25.3. The van der Waals surface area contributed by atoms with Crippen LogP contribution in [0.15, 0.2) is 72.8 Å². The molecule has 1 fully saturated rings. The molecule has 0 aliphatic heterocycles. The molecular formula is C34H40F2. The molecule has 1 saturated carbocycles. The highest BCUT2D eigenvalue weighted by Crippen LogP contribution is 2.34. The summed E-state index contributed by atoms with van der Waals surface area (Å²) in [6.07, 6.45) is 16.4. The van der Waals surface area contributed by atoms with Crippen LogP contribution in [0.4, 0.5) is 8.78 Å². The minimum absolute atomic E-state index is 0.320. The fourth-order valence-corrected chi connectivity index (χ4v) is 5.66. The van der Waals surface area contributed by atoms with Crippen LogP contribution in [0.2, 0.25) is 0 Å². The standard InChI is InChI=1S/C34H40F2/c1-3-5-6-8-25-9-11-26(12-10-25)13-14-27-15-17-28(18-16-27)29-19-21-30(22-20-29)32-24-23-31(7-4-2)33(35)34(32)36/h3,5,15-26H,4,6-14H2,1-2H3/b5-3+. The van der Waals surface area contributed by atoms with Gasteiger partial charge in [-0.1, -0.05) is 112 Å². The Bertz CT molecular complexity index is 1120. The van der Waals surface area contributed by atoms with E-state index in [9.17, 15) is 8.78 Å². The lowest BCUT2D eigenvalue weighted by molar-refractivity contribution is 0.254. The van der Waals surface area contributed by atoms with Gasteiger partial charge in [-0.05, 0) is 78.7 Å². The van der Waals surface area contributed by atoms with Crippen LogP contribution in [0.5, 0.6) is 0 Å². The Morgan fingerprint density at radius 1 is 0.694 bits per heavy atom. The molecule has 0 heterocycles. The van der Waals surface area contributed by atoms with Gasteiger partial charge >= 0.3 is 0 Å². The fourth-order valence-electron chi connectivity index (χ4n) is 5.66. The average molecular weight is 487 g/mol. The molecule has 1 aliphatic rings. The summed E-state index contributed by atoms with van der Waals surface area (Å²) in [5.74, 6) is 0.335. The summed E-state index contributed by atoms with van der Waals surface area (Å²) >= 11 is 0. The van der Waals surface area contributed by atoms with Crippen molar-refractivity contribution in [1.82, 2.24) is 0 Å². The first-order valence-corrected chi connectivity index (χ1v) is 13.9. The van der Waals surface area contributed by atoms with Crippen LogP contribution in [0.1, 0.15) is 76.3 Å². The van der Waals surface area contributed by atoms with Crippen LogP contribution in [0.25, 0.3) is 22.3 Å². The highest BCUT2D eigenvalue weighted by atomic mass is 19.2. The van der Waals surface area contributed by atoms with Crippen molar-refractivity contribution in [2.24, 2.45) is 11.8 Å². The zero-order valence-electron chi connectivity index (χ0n) is 21.9. The molecule has 0 spiro atoms. The van der Waals surface area contributed by atoms with Crippen molar-refractivity contribution in [2.75, 3.05) is 0 Å². The Hall–Kier alpha value is -2.74. The molecule has 0 saturated heterocycles. The van der Waals surface area contributed by atoms with Crippen LogP contribution in [0.3, 0.4) is 0 Å². The van der Waals surface area contributed by atoms with Crippen molar-refractivity contribution in [3.05, 3.63) is 95.6 Å². The van der Waals surface area contributed by atoms with Gasteiger partial charge in [0.2, 0.25) is 0 Å². The van der Waals surface area contributed by atoms with Crippen LogP contribution in [-0.2, 0) is 12.8 Å². The minimum Gasteiger partial charge on any atom is -0.203 e. The third-order valence-corrected chi connectivity index (χ3v) is 7.95. The number of benzene rings is 3. The molecule has 36 heavy (non-hydrogen) atoms. The van der Waals surface area contributed by atoms with E-state index in [1.165, 1.54) is 50.5 Å². The lowest BCUT2D eigenvalue weighted by atomic mass is 9.78. The van der Waals surface area contributed by atoms with E-state index >= 15 is 0 Å². The zero-order valence-corrected chi connectivity index (χ0v) is 21.9. The first-order valence-electron chi connectivity index (χ1n) is 13.9. The summed E-state index contributed by atoms with van der Waals surface area (Å²) in [4.78, 5) is 0. The van der Waals surface area contributed by atoms with Gasteiger partial charge in [0, 0.05) is 5.56 Å². The van der Waals surface area contributed by atoms with Crippen LogP contribution < -0.4 is 0 Å². The maximum absolute atomic E-state index is 14.7. The average Bonchev–Trinajstić information content (AvgIpc) is 2.92. The van der Waals surface area contributed by atoms with E-state index in [0.717, 1.165) is 35.8 Å². The number of aryl methyl sites for hydroxylation is 2. The summed E-state index contributed by atoms with van der Waals surface area (Å²) in [5, 5.41) is 0.